The molecule has 0 radical (unpaired) electrons. The molecule has 3 unspecified atom stereocenters. The molecule has 1 spiro atoms. The average Bonchev–Trinajstić information content (AvgIpc) is 3.16. The molecule has 2 N–H and O–H groups in total. The summed E-state index contributed by atoms with van der Waals surface area (Å²) in [5.74, 6) is -1.34. The van der Waals surface area contributed by atoms with Gasteiger partial charge in [-0.25, -0.2) is 4.39 Å². The lowest BCUT2D eigenvalue weighted by Crippen LogP contribution is -2.52. The Morgan fingerprint density at radius 2 is 1.85 bits per heavy atom. The van der Waals surface area contributed by atoms with Crippen molar-refractivity contribution in [2.75, 3.05) is 6.54 Å². The highest BCUT2D eigenvalue weighted by molar-refractivity contribution is 6.47. The van der Waals surface area contributed by atoms with Gasteiger partial charge in [-0.15, -0.1) is 0 Å². The number of unbranched alkanes of at least 4 members (excludes halogenated alkanes) is 1. The maximum atomic E-state index is 14.3. The van der Waals surface area contributed by atoms with Crippen LogP contribution in [-0.4, -0.2) is 45.7 Å². The second kappa shape index (κ2) is 12.5. The Balaban J connectivity index is 1.71. The maximum absolute atomic E-state index is 14.3. The van der Waals surface area contributed by atoms with Crippen LogP contribution in [0.4, 0.5) is 4.39 Å². The van der Waals surface area contributed by atoms with Gasteiger partial charge in [0.1, 0.15) is 17.2 Å². The van der Waals surface area contributed by atoms with E-state index in [0.717, 1.165) is 44.1 Å². The van der Waals surface area contributed by atoms with E-state index in [2.05, 4.69) is 26.1 Å². The summed E-state index contributed by atoms with van der Waals surface area (Å²) in [4.78, 5) is 44.6. The number of aliphatic carboxylic acids is 1. The van der Waals surface area contributed by atoms with Crippen LogP contribution in [-0.2, 0) is 9.59 Å². The highest BCUT2D eigenvalue weighted by Crippen LogP contribution is 2.48. The number of aliphatic imine (C=N–C) groups is 1. The van der Waals surface area contributed by atoms with Crippen LogP contribution in [0.2, 0.25) is 5.02 Å². The van der Waals surface area contributed by atoms with Crippen LogP contribution in [0.3, 0.4) is 0 Å². The monoisotopic (exact) mass is 569 g/mol. The fourth-order valence-electron chi connectivity index (χ4n) is 6.30. The standard InChI is InChI=1S/C31H37ClFN3O4/c1-4-5-6-26(21-7-9-22(10-8-21)29(39)34-14-13-27(37)38)36-30(40)28(23-11-12-25(33)24(32)16-23)35-31(36)17-19(2)15-20(3)18-31/h7-12,16,19-20,26H,4-6,13-15,17-18H2,1-3H3,(H,34,39)(H,37,38). The lowest BCUT2D eigenvalue weighted by Gasteiger charge is -2.47. The van der Waals surface area contributed by atoms with E-state index in [0.29, 0.717) is 28.7 Å². The Hall–Kier alpha value is -3.26. The number of nitrogens with one attached hydrogen (secondary N) is 1. The Labute approximate surface area is 239 Å². The highest BCUT2D eigenvalue weighted by atomic mass is 35.5. The first-order valence-electron chi connectivity index (χ1n) is 14.0. The topological polar surface area (TPSA) is 99.1 Å². The molecule has 9 heteroatoms. The third-order valence-corrected chi connectivity index (χ3v) is 8.15. The highest BCUT2D eigenvalue weighted by Gasteiger charge is 2.53. The Morgan fingerprint density at radius 1 is 1.18 bits per heavy atom. The molecule has 214 valence electrons. The molecule has 2 amide bonds. The minimum absolute atomic E-state index is 0.0454. The van der Waals surface area contributed by atoms with Crippen LogP contribution in [0.5, 0.6) is 0 Å². The molecule has 0 aromatic heterocycles. The molecule has 1 saturated carbocycles. The van der Waals surface area contributed by atoms with E-state index in [1.165, 1.54) is 12.1 Å². The first-order valence-corrected chi connectivity index (χ1v) is 14.4. The molecule has 7 nitrogen and oxygen atoms in total. The second-order valence-corrected chi connectivity index (χ2v) is 11.7. The van der Waals surface area contributed by atoms with Crippen molar-refractivity contribution in [1.82, 2.24) is 10.2 Å². The molecule has 0 saturated heterocycles. The lowest BCUT2D eigenvalue weighted by molar-refractivity contribution is -0.137. The Morgan fingerprint density at radius 3 is 2.45 bits per heavy atom. The summed E-state index contributed by atoms with van der Waals surface area (Å²) in [5.41, 5.74) is 1.41. The number of nitrogens with zero attached hydrogens (tertiary/aromatic N) is 2. The number of carboxylic acids is 1. The minimum atomic E-state index is -0.977. The number of hydrogen-bond acceptors (Lipinski definition) is 4. The molecule has 4 rings (SSSR count). The smallest absolute Gasteiger partial charge is 0.305 e. The fraction of sp³-hybridized carbons (Fsp3) is 0.484. The van der Waals surface area contributed by atoms with Gasteiger partial charge in [0.25, 0.3) is 11.8 Å². The predicted molar refractivity (Wildman–Crippen MR) is 153 cm³/mol. The van der Waals surface area contributed by atoms with Crippen LogP contribution >= 0.6 is 11.6 Å². The molecule has 3 atom stereocenters. The van der Waals surface area contributed by atoms with Crippen molar-refractivity contribution in [2.24, 2.45) is 16.8 Å². The van der Waals surface area contributed by atoms with Gasteiger partial charge in [-0.05, 0) is 73.4 Å². The first kappa shape index (κ1) is 29.7. The van der Waals surface area contributed by atoms with Crippen molar-refractivity contribution < 1.29 is 23.9 Å². The van der Waals surface area contributed by atoms with Gasteiger partial charge in [0.15, 0.2) is 0 Å². The second-order valence-electron chi connectivity index (χ2n) is 11.3. The van der Waals surface area contributed by atoms with Crippen molar-refractivity contribution >= 4 is 35.1 Å². The molecule has 1 aliphatic carbocycles. The first-order chi connectivity index (χ1) is 19.0. The molecule has 2 aliphatic rings. The maximum Gasteiger partial charge on any atom is 0.305 e. The molecule has 40 heavy (non-hydrogen) atoms. The van der Waals surface area contributed by atoms with Gasteiger partial charge in [0.2, 0.25) is 0 Å². The van der Waals surface area contributed by atoms with Gasteiger partial charge in [0.05, 0.1) is 17.5 Å². The molecular weight excluding hydrogens is 533 g/mol. The van der Waals surface area contributed by atoms with E-state index >= 15 is 0 Å². The van der Waals surface area contributed by atoms with Crippen LogP contribution in [0, 0.1) is 17.7 Å². The zero-order valence-electron chi connectivity index (χ0n) is 23.3. The molecule has 2 aromatic carbocycles. The summed E-state index contributed by atoms with van der Waals surface area (Å²) in [7, 11) is 0. The van der Waals surface area contributed by atoms with Gasteiger partial charge in [-0.3, -0.25) is 19.4 Å². The van der Waals surface area contributed by atoms with Gasteiger partial charge < -0.3 is 15.3 Å². The average molecular weight is 570 g/mol. The van der Waals surface area contributed by atoms with Gasteiger partial charge >= 0.3 is 5.97 Å². The summed E-state index contributed by atoms with van der Waals surface area (Å²) >= 11 is 6.10. The van der Waals surface area contributed by atoms with Crippen molar-refractivity contribution in [2.45, 2.75) is 77.4 Å². The number of carbonyl (C=O) groups excluding carboxylic acids is 2. The van der Waals surface area contributed by atoms with Crippen molar-refractivity contribution in [3.63, 3.8) is 0 Å². The number of carboxylic acid groups (broad SMARTS) is 1. The van der Waals surface area contributed by atoms with Crippen LogP contribution in [0.1, 0.15) is 93.2 Å². The molecule has 1 fully saturated rings. The zero-order valence-corrected chi connectivity index (χ0v) is 24.0. The Kier molecular flexibility index (Phi) is 9.29. The number of hydrogen-bond donors (Lipinski definition) is 2. The van der Waals surface area contributed by atoms with Crippen LogP contribution in [0.25, 0.3) is 0 Å². The molecule has 2 aromatic rings. The third-order valence-electron chi connectivity index (χ3n) is 7.86. The predicted octanol–water partition coefficient (Wildman–Crippen LogP) is 6.40. The van der Waals surface area contributed by atoms with E-state index < -0.39 is 17.4 Å². The number of benzene rings is 2. The SMILES string of the molecule is CCCCC(c1ccc(C(=O)NCCC(=O)O)cc1)N1C(=O)C(c2ccc(F)c(Cl)c2)=NC12CC(C)CC(C)C2. The van der Waals surface area contributed by atoms with E-state index in [4.69, 9.17) is 21.7 Å². The molecular formula is C31H37ClFN3O4. The summed E-state index contributed by atoms with van der Waals surface area (Å²) in [6.45, 7) is 6.54. The fourth-order valence-corrected chi connectivity index (χ4v) is 6.48. The number of rotatable bonds is 10. The summed E-state index contributed by atoms with van der Waals surface area (Å²) in [6.07, 6.45) is 4.93. The normalized spacial score (nSPS) is 23.3. The van der Waals surface area contributed by atoms with E-state index in [1.807, 2.05) is 17.0 Å². The molecule has 1 aliphatic heterocycles. The largest absolute Gasteiger partial charge is 0.481 e. The van der Waals surface area contributed by atoms with Crippen molar-refractivity contribution in [1.29, 1.82) is 0 Å². The quantitative estimate of drug-likeness (QED) is 0.346. The third kappa shape index (κ3) is 6.38. The summed E-state index contributed by atoms with van der Waals surface area (Å²) < 4.78 is 14.0. The number of carbonyl (C=O) groups is 3. The van der Waals surface area contributed by atoms with E-state index in [9.17, 15) is 18.8 Å². The Bertz CT molecular complexity index is 1290. The van der Waals surface area contributed by atoms with Gasteiger partial charge in [-0.1, -0.05) is 57.3 Å². The minimum Gasteiger partial charge on any atom is -0.481 e. The lowest BCUT2D eigenvalue weighted by atomic mass is 9.75. The van der Waals surface area contributed by atoms with Crippen LogP contribution < -0.4 is 5.32 Å². The van der Waals surface area contributed by atoms with Crippen molar-refractivity contribution in [3.05, 3.63) is 70.0 Å². The number of amides is 2. The van der Waals surface area contributed by atoms with E-state index in [1.54, 1.807) is 18.2 Å². The van der Waals surface area contributed by atoms with Gasteiger partial charge in [-0.2, -0.15) is 0 Å². The van der Waals surface area contributed by atoms with Gasteiger partial charge in [0, 0.05) is 17.7 Å². The zero-order chi connectivity index (χ0) is 29.0. The van der Waals surface area contributed by atoms with E-state index in [-0.39, 0.29) is 35.8 Å². The number of halogens is 2. The summed E-state index contributed by atoms with van der Waals surface area (Å²) in [5, 5.41) is 11.4. The summed E-state index contributed by atoms with van der Waals surface area (Å²) in [6, 6.07) is 11.2. The van der Waals surface area contributed by atoms with Crippen molar-refractivity contribution in [3.8, 4) is 0 Å². The molecule has 1 heterocycles. The van der Waals surface area contributed by atoms with Crippen LogP contribution in [0.15, 0.2) is 47.5 Å². The molecule has 0 bridgehead atoms.